The normalized spacial score (nSPS) is 17.5. The van der Waals surface area contributed by atoms with Gasteiger partial charge < -0.3 is 14.0 Å². The van der Waals surface area contributed by atoms with Gasteiger partial charge in [-0.3, -0.25) is 4.79 Å². The Morgan fingerprint density at radius 3 is 2.86 bits per heavy atom. The van der Waals surface area contributed by atoms with Crippen molar-refractivity contribution in [2.24, 2.45) is 7.05 Å². The lowest BCUT2D eigenvalue weighted by atomic mass is 10.3. The highest BCUT2D eigenvalue weighted by Gasteiger charge is 2.29. The van der Waals surface area contributed by atoms with E-state index in [0.717, 1.165) is 0 Å². The van der Waals surface area contributed by atoms with Gasteiger partial charge in [-0.2, -0.15) is 0 Å². The van der Waals surface area contributed by atoms with Gasteiger partial charge in [-0.05, 0) is 24.3 Å². The highest BCUT2D eigenvalue weighted by molar-refractivity contribution is 8.00. The summed E-state index contributed by atoms with van der Waals surface area (Å²) in [6.07, 6.45) is 0.701. The lowest BCUT2D eigenvalue weighted by Gasteiger charge is -2.07. The van der Waals surface area contributed by atoms with Crippen LogP contribution in [0.15, 0.2) is 29.4 Å². The van der Waals surface area contributed by atoms with Gasteiger partial charge in [0.1, 0.15) is 17.6 Å². The van der Waals surface area contributed by atoms with Gasteiger partial charge in [-0.25, -0.2) is 0 Å². The molecule has 2 heterocycles. The number of benzene rings is 1. The number of thioether (sulfide) groups is 1. The van der Waals surface area contributed by atoms with Crippen molar-refractivity contribution < 1.29 is 14.3 Å². The molecule has 1 aromatic heterocycles. The molecule has 1 aliphatic heterocycles. The minimum absolute atomic E-state index is 0.188. The van der Waals surface area contributed by atoms with Crippen molar-refractivity contribution in [3.8, 4) is 5.75 Å². The maximum Gasteiger partial charge on any atom is 0.319 e. The molecule has 0 unspecified atom stereocenters. The molecule has 3 rings (SSSR count). The van der Waals surface area contributed by atoms with Crippen LogP contribution in [0.5, 0.6) is 5.75 Å². The molecule has 0 amide bonds. The third kappa shape index (κ3) is 3.36. The molecule has 22 heavy (non-hydrogen) atoms. The van der Waals surface area contributed by atoms with E-state index in [1.807, 2.05) is 11.6 Å². The van der Waals surface area contributed by atoms with Gasteiger partial charge in [-0.15, -0.1) is 10.2 Å². The summed E-state index contributed by atoms with van der Waals surface area (Å²) in [5, 5.41) is 9.35. The summed E-state index contributed by atoms with van der Waals surface area (Å²) >= 11 is 7.20. The van der Waals surface area contributed by atoms with Crippen molar-refractivity contribution in [2.45, 2.75) is 23.4 Å². The standard InChI is InChI=1S/C14H14ClN3O3S/c1-18-12(8-21-10-4-2-9(15)3-5-10)16-17-14(18)22-11-6-7-20-13(11)19/h2-5,11H,6-8H2,1H3/t11-/m0/s1. The summed E-state index contributed by atoms with van der Waals surface area (Å²) in [4.78, 5) is 11.5. The number of carbonyl (C=O) groups excluding carboxylic acids is 1. The van der Waals surface area contributed by atoms with Crippen LogP contribution < -0.4 is 4.74 Å². The maximum atomic E-state index is 11.5. The second-order valence-electron chi connectivity index (χ2n) is 4.76. The Bertz CT molecular complexity index is 674. The van der Waals surface area contributed by atoms with Gasteiger partial charge in [0.25, 0.3) is 0 Å². The Kier molecular flexibility index (Phi) is 4.54. The van der Waals surface area contributed by atoms with E-state index in [0.29, 0.717) is 41.4 Å². The molecule has 1 fully saturated rings. The van der Waals surface area contributed by atoms with E-state index in [4.69, 9.17) is 21.1 Å². The molecule has 0 radical (unpaired) electrons. The van der Waals surface area contributed by atoms with Crippen LogP contribution in [-0.2, 0) is 23.2 Å². The van der Waals surface area contributed by atoms with Crippen molar-refractivity contribution in [3.63, 3.8) is 0 Å². The van der Waals surface area contributed by atoms with Crippen molar-refractivity contribution in [3.05, 3.63) is 35.1 Å². The SMILES string of the molecule is Cn1c(COc2ccc(Cl)cc2)nnc1S[C@H]1CCOC1=O. The average Bonchev–Trinajstić information content (AvgIpc) is 3.07. The molecule has 1 aliphatic rings. The molecule has 0 bridgehead atoms. The lowest BCUT2D eigenvalue weighted by Crippen LogP contribution is -2.11. The van der Waals surface area contributed by atoms with Gasteiger partial charge in [0.2, 0.25) is 0 Å². The van der Waals surface area contributed by atoms with Crippen molar-refractivity contribution >= 4 is 29.3 Å². The topological polar surface area (TPSA) is 66.2 Å². The van der Waals surface area contributed by atoms with Crippen LogP contribution in [0, 0.1) is 0 Å². The van der Waals surface area contributed by atoms with Crippen LogP contribution in [0.3, 0.4) is 0 Å². The Balaban J connectivity index is 1.63. The predicted molar refractivity (Wildman–Crippen MR) is 82.0 cm³/mol. The highest BCUT2D eigenvalue weighted by Crippen LogP contribution is 2.28. The molecule has 1 saturated heterocycles. The summed E-state index contributed by atoms with van der Waals surface area (Å²) in [7, 11) is 1.85. The third-order valence-electron chi connectivity index (χ3n) is 3.24. The van der Waals surface area contributed by atoms with Crippen LogP contribution in [0.2, 0.25) is 5.02 Å². The van der Waals surface area contributed by atoms with Gasteiger partial charge in [-0.1, -0.05) is 23.4 Å². The quantitative estimate of drug-likeness (QED) is 0.780. The van der Waals surface area contributed by atoms with Crippen molar-refractivity contribution in [2.75, 3.05) is 6.61 Å². The zero-order valence-corrected chi connectivity index (χ0v) is 13.4. The molecule has 116 valence electrons. The van der Waals surface area contributed by atoms with Crippen molar-refractivity contribution in [1.82, 2.24) is 14.8 Å². The number of hydrogen-bond donors (Lipinski definition) is 0. The molecule has 0 N–H and O–H groups in total. The minimum atomic E-state index is -0.201. The van der Waals surface area contributed by atoms with Crippen LogP contribution >= 0.6 is 23.4 Å². The molecule has 0 saturated carbocycles. The second kappa shape index (κ2) is 6.58. The highest BCUT2D eigenvalue weighted by atomic mass is 35.5. The number of hydrogen-bond acceptors (Lipinski definition) is 6. The van der Waals surface area contributed by atoms with Crippen LogP contribution in [0.1, 0.15) is 12.2 Å². The Morgan fingerprint density at radius 2 is 2.18 bits per heavy atom. The first kappa shape index (κ1) is 15.2. The number of halogens is 1. The van der Waals surface area contributed by atoms with Gasteiger partial charge in [0, 0.05) is 18.5 Å². The van der Waals surface area contributed by atoms with Crippen molar-refractivity contribution in [1.29, 1.82) is 0 Å². The Labute approximate surface area is 136 Å². The summed E-state index contributed by atoms with van der Waals surface area (Å²) < 4.78 is 12.4. The summed E-state index contributed by atoms with van der Waals surface area (Å²) in [5.74, 6) is 1.21. The molecule has 1 atom stereocenters. The molecule has 0 aliphatic carbocycles. The van der Waals surface area contributed by atoms with Crippen LogP contribution in [-0.4, -0.2) is 32.6 Å². The largest absolute Gasteiger partial charge is 0.486 e. The number of ether oxygens (including phenoxy) is 2. The molecular formula is C14H14ClN3O3S. The van der Waals surface area contributed by atoms with Crippen LogP contribution in [0.4, 0.5) is 0 Å². The lowest BCUT2D eigenvalue weighted by molar-refractivity contribution is -0.137. The molecule has 6 nitrogen and oxygen atoms in total. The average molecular weight is 340 g/mol. The number of cyclic esters (lactones) is 1. The Hall–Kier alpha value is -1.73. The summed E-state index contributed by atoms with van der Waals surface area (Å²) in [6.45, 7) is 0.766. The van der Waals surface area contributed by atoms with E-state index in [-0.39, 0.29) is 11.2 Å². The first-order valence-electron chi connectivity index (χ1n) is 6.73. The van der Waals surface area contributed by atoms with Gasteiger partial charge >= 0.3 is 5.97 Å². The molecule has 1 aromatic carbocycles. The molecule has 8 heteroatoms. The Morgan fingerprint density at radius 1 is 1.41 bits per heavy atom. The number of aromatic nitrogens is 3. The maximum absolute atomic E-state index is 11.5. The van der Waals surface area contributed by atoms with Crippen LogP contribution in [0.25, 0.3) is 0 Å². The smallest absolute Gasteiger partial charge is 0.319 e. The van der Waals surface area contributed by atoms with Gasteiger partial charge in [0.05, 0.1) is 6.61 Å². The van der Waals surface area contributed by atoms with E-state index in [1.54, 1.807) is 24.3 Å². The van der Waals surface area contributed by atoms with E-state index in [1.165, 1.54) is 11.8 Å². The zero-order chi connectivity index (χ0) is 15.5. The van der Waals surface area contributed by atoms with E-state index in [2.05, 4.69) is 10.2 Å². The van der Waals surface area contributed by atoms with Gasteiger partial charge in [0.15, 0.2) is 11.0 Å². The third-order valence-corrected chi connectivity index (χ3v) is 4.77. The molecular weight excluding hydrogens is 326 g/mol. The summed E-state index contributed by atoms with van der Waals surface area (Å²) in [5.41, 5.74) is 0. The number of nitrogens with zero attached hydrogens (tertiary/aromatic N) is 3. The first-order chi connectivity index (χ1) is 10.6. The summed E-state index contributed by atoms with van der Waals surface area (Å²) in [6, 6.07) is 7.12. The zero-order valence-electron chi connectivity index (χ0n) is 11.9. The predicted octanol–water partition coefficient (Wildman–Crippen LogP) is 2.46. The molecule has 2 aromatic rings. The first-order valence-corrected chi connectivity index (χ1v) is 7.99. The second-order valence-corrected chi connectivity index (χ2v) is 6.37. The fourth-order valence-electron chi connectivity index (χ4n) is 1.96. The number of rotatable bonds is 5. The van der Waals surface area contributed by atoms with E-state index >= 15 is 0 Å². The fraction of sp³-hybridized carbons (Fsp3) is 0.357. The number of esters is 1. The minimum Gasteiger partial charge on any atom is -0.486 e. The van der Waals surface area contributed by atoms with E-state index < -0.39 is 0 Å². The monoisotopic (exact) mass is 339 g/mol. The molecule has 0 spiro atoms. The number of carbonyl (C=O) groups is 1. The van der Waals surface area contributed by atoms with E-state index in [9.17, 15) is 4.79 Å². The fourth-order valence-corrected chi connectivity index (χ4v) is 3.07.